The van der Waals surface area contributed by atoms with Gasteiger partial charge < -0.3 is 4.74 Å². The molecule has 0 aliphatic heterocycles. The average Bonchev–Trinajstić information content (AvgIpc) is 2.04. The fourth-order valence-electron chi connectivity index (χ4n) is 0.829. The van der Waals surface area contributed by atoms with Gasteiger partial charge in [0.1, 0.15) is 0 Å². The van der Waals surface area contributed by atoms with E-state index in [0.29, 0.717) is 0 Å². The highest BCUT2D eigenvalue weighted by Crippen LogP contribution is 2.14. The Morgan fingerprint density at radius 1 is 1.55 bits per heavy atom. The van der Waals surface area contributed by atoms with Crippen molar-refractivity contribution in [2.24, 2.45) is 0 Å². The van der Waals surface area contributed by atoms with Gasteiger partial charge in [-0.2, -0.15) is 0 Å². The van der Waals surface area contributed by atoms with Gasteiger partial charge in [-0.3, -0.25) is 18.9 Å². The lowest BCUT2D eigenvalue weighted by molar-refractivity contribution is 0.418. The van der Waals surface area contributed by atoms with Crippen LogP contribution in [0.25, 0.3) is 0 Å². The summed E-state index contributed by atoms with van der Waals surface area (Å²) in [5.74, 6) is 0.929. The molecule has 1 aromatic rings. The van der Waals surface area contributed by atoms with Crippen LogP contribution in [0.2, 0.25) is 5.02 Å². The number of benzene rings is 1. The summed E-state index contributed by atoms with van der Waals surface area (Å²) in [6, 6.07) is 5.81. The molecule has 11 heavy (non-hydrogen) atoms. The minimum Gasteiger partial charge on any atom is -0.499 e. The van der Waals surface area contributed by atoms with Crippen molar-refractivity contribution in [2.75, 3.05) is 7.11 Å². The zero-order valence-corrected chi connectivity index (χ0v) is 10.4. The van der Waals surface area contributed by atoms with Crippen LogP contribution in [-0.4, -0.2) is 23.6 Å². The Bertz CT molecular complexity index is 254. The van der Waals surface area contributed by atoms with E-state index < -0.39 is 0 Å². The van der Waals surface area contributed by atoms with Gasteiger partial charge in [0.2, 0.25) is 0 Å². The number of rotatable bonds is 2. The summed E-state index contributed by atoms with van der Waals surface area (Å²) in [5.41, 5.74) is 0. The van der Waals surface area contributed by atoms with E-state index in [0.717, 1.165) is 10.8 Å². The van der Waals surface area contributed by atoms with Crippen LogP contribution in [0, 0.1) is 0 Å². The minimum atomic E-state index is -0.178. The van der Waals surface area contributed by atoms with E-state index in [-0.39, 0.29) is 16.5 Å². The molecule has 0 saturated heterocycles. The molecule has 0 spiro atoms. The van der Waals surface area contributed by atoms with E-state index in [1.165, 1.54) is 3.69 Å². The van der Waals surface area contributed by atoms with E-state index in [4.69, 9.17) is 16.3 Å². The molecule has 0 saturated carbocycles. The third-order valence-corrected chi connectivity index (χ3v) is 4.97. The van der Waals surface area contributed by atoms with E-state index in [1.807, 2.05) is 18.2 Å². The molecule has 0 fully saturated rings. The summed E-state index contributed by atoms with van der Waals surface area (Å²) in [7, 11) is 1.68. The molecular weight excluding hydrogens is 287 g/mol. The summed E-state index contributed by atoms with van der Waals surface area (Å²) < 4.78 is 6.48. The number of hydrogen-bond acceptors (Lipinski definition) is 1. The molecule has 4 heteroatoms. The Balaban J connectivity index is 3.06. The fraction of sp³-hybridized carbons (Fsp3) is 0.143. The van der Waals surface area contributed by atoms with E-state index in [1.54, 1.807) is 7.11 Å². The number of methoxy groups -OCH3 is 1. The lowest BCUT2D eigenvalue weighted by Gasteiger charge is -2.05. The van der Waals surface area contributed by atoms with Gasteiger partial charge in [-0.05, 0) is 12.1 Å². The van der Waals surface area contributed by atoms with Gasteiger partial charge in [0.15, 0.2) is 0 Å². The average molecular weight is 293 g/mol. The SMILES string of the molecule is COc1cc(Cl)cc[c]1[Mg][I]. The monoisotopic (exact) mass is 292 g/mol. The molecule has 0 radical (unpaired) electrons. The molecule has 0 amide bonds. The lowest BCUT2D eigenvalue weighted by Crippen LogP contribution is -2.11. The second-order valence-electron chi connectivity index (χ2n) is 2.09. The van der Waals surface area contributed by atoms with E-state index >= 15 is 0 Å². The van der Waals surface area contributed by atoms with Gasteiger partial charge in [0.25, 0.3) is 0 Å². The first-order chi connectivity index (χ1) is 5.27. The first-order valence-corrected chi connectivity index (χ1v) is 9.36. The van der Waals surface area contributed by atoms with Crippen molar-refractivity contribution in [3.05, 3.63) is 23.2 Å². The number of ether oxygens (including phenoxy) is 1. The van der Waals surface area contributed by atoms with Crippen LogP contribution in [0.5, 0.6) is 5.75 Å². The smallest absolute Gasteiger partial charge is 0.499 e. The normalized spacial score (nSPS) is 9.00. The minimum absolute atomic E-state index is 0.178. The van der Waals surface area contributed by atoms with Crippen LogP contribution < -0.4 is 8.43 Å². The van der Waals surface area contributed by atoms with Crippen molar-refractivity contribution in [1.82, 2.24) is 0 Å². The van der Waals surface area contributed by atoms with Gasteiger partial charge in [-0.1, -0.05) is 17.7 Å². The molecule has 1 rings (SSSR count). The van der Waals surface area contributed by atoms with Crippen LogP contribution in [0.3, 0.4) is 0 Å². The van der Waals surface area contributed by atoms with Crippen molar-refractivity contribution >= 4 is 50.6 Å². The zero-order chi connectivity index (χ0) is 8.27. The fourth-order valence-corrected chi connectivity index (χ4v) is 3.47. The summed E-state index contributed by atoms with van der Waals surface area (Å²) >= 11 is 8.04. The maximum absolute atomic E-state index is 5.79. The Hall–Kier alpha value is 0.806. The molecule has 0 N–H and O–H groups in total. The highest BCUT2D eigenvalue weighted by molar-refractivity contribution is 14.1. The quantitative estimate of drug-likeness (QED) is 0.599. The highest BCUT2D eigenvalue weighted by Gasteiger charge is 2.03. The molecule has 1 nitrogen and oxygen atoms in total. The van der Waals surface area contributed by atoms with Crippen LogP contribution in [0.1, 0.15) is 0 Å². The topological polar surface area (TPSA) is 9.23 Å². The standard InChI is InChI=1S/C7H6ClO.HI.Mg/c1-9-7-4-2-3-6(8)5-7;;/h2-3,5H,1H3;1H;/q;;+1/p-1. The lowest BCUT2D eigenvalue weighted by atomic mass is 10.3. The molecule has 0 aliphatic carbocycles. The van der Waals surface area contributed by atoms with Crippen molar-refractivity contribution in [3.63, 3.8) is 0 Å². The van der Waals surface area contributed by atoms with Gasteiger partial charge in [0.05, 0.1) is 12.9 Å². The Morgan fingerprint density at radius 2 is 2.27 bits per heavy atom. The van der Waals surface area contributed by atoms with E-state index in [2.05, 4.69) is 18.9 Å². The second kappa shape index (κ2) is 4.74. The van der Waals surface area contributed by atoms with Gasteiger partial charge in [-0.25, -0.2) is 0 Å². The predicted molar refractivity (Wildman–Crippen MR) is 57.4 cm³/mol. The van der Waals surface area contributed by atoms with E-state index in [9.17, 15) is 0 Å². The molecule has 0 aliphatic rings. The Morgan fingerprint density at radius 3 is 2.82 bits per heavy atom. The predicted octanol–water partition coefficient (Wildman–Crippen LogP) is 2.03. The molecule has 1 aromatic carbocycles. The van der Waals surface area contributed by atoms with Crippen LogP contribution in [0.15, 0.2) is 18.2 Å². The molecule has 0 bridgehead atoms. The number of halogens is 2. The summed E-state index contributed by atoms with van der Waals surface area (Å²) in [6.45, 7) is 0. The number of hydrogen-bond donors (Lipinski definition) is 0. The van der Waals surface area contributed by atoms with Crippen molar-refractivity contribution in [1.29, 1.82) is 0 Å². The summed E-state index contributed by atoms with van der Waals surface area (Å²) in [5, 5.41) is 0.740. The molecule has 0 heterocycles. The Kier molecular flexibility index (Phi) is 4.26. The first-order valence-electron chi connectivity index (χ1n) is 3.16. The highest BCUT2D eigenvalue weighted by atomic mass is 127. The third-order valence-electron chi connectivity index (χ3n) is 1.39. The van der Waals surface area contributed by atoms with Crippen LogP contribution in [-0.2, 0) is 0 Å². The van der Waals surface area contributed by atoms with Gasteiger partial charge >= 0.3 is 16.5 Å². The largest absolute Gasteiger partial charge is 0.508 e. The molecule has 56 valence electrons. The zero-order valence-electron chi connectivity index (χ0n) is 6.10. The molecule has 0 atom stereocenters. The van der Waals surface area contributed by atoms with Crippen molar-refractivity contribution < 1.29 is 4.74 Å². The van der Waals surface area contributed by atoms with Crippen LogP contribution in [0.4, 0.5) is 0 Å². The van der Waals surface area contributed by atoms with Crippen molar-refractivity contribution in [2.45, 2.75) is 0 Å². The van der Waals surface area contributed by atoms with Gasteiger partial charge in [-0.15, -0.1) is 3.69 Å². The first kappa shape index (κ1) is 9.89. The molecular formula is C7H6ClIMgO. The summed E-state index contributed by atoms with van der Waals surface area (Å²) in [6.07, 6.45) is 0. The Labute approximate surface area is 90.6 Å². The molecule has 0 unspecified atom stereocenters. The third kappa shape index (κ3) is 2.64. The van der Waals surface area contributed by atoms with Gasteiger partial charge in [0, 0.05) is 5.02 Å². The van der Waals surface area contributed by atoms with Crippen molar-refractivity contribution in [3.8, 4) is 5.75 Å². The van der Waals surface area contributed by atoms with Crippen LogP contribution >= 0.6 is 30.5 Å². The molecule has 0 aromatic heterocycles. The summed E-state index contributed by atoms with van der Waals surface area (Å²) in [4.78, 5) is 0. The maximum atomic E-state index is 5.79. The second-order valence-corrected chi connectivity index (χ2v) is 5.84. The maximum Gasteiger partial charge on any atom is 0.508 e.